The molecule has 3 aromatic carbocycles. The molecule has 3 rings (SSSR count). The Kier molecular flexibility index (Phi) is 4.07. The molecule has 3 aromatic rings. The zero-order chi connectivity index (χ0) is 16.2. The number of nitriles is 1. The molecule has 0 heterocycles. The number of carbonyl (C=O) groups is 1. The number of benzene rings is 3. The minimum absolute atomic E-state index is 0.257. The van der Waals surface area contributed by atoms with Crippen LogP contribution in [0.3, 0.4) is 0 Å². The fraction of sp³-hybridized carbons (Fsp3) is 0.100. The first-order valence-electron chi connectivity index (χ1n) is 7.38. The van der Waals surface area contributed by atoms with Crippen LogP contribution in [-0.2, 0) is 6.42 Å². The standard InChI is InChI=1S/C20H15NO2/c21-13-17(12-14-8-10-16(11-9-14)20(22)23)19-7-3-5-15-4-1-2-6-18(15)19/h1-11,17H,12H2,(H,22,23). The van der Waals surface area contributed by atoms with Gasteiger partial charge in [-0.05, 0) is 40.5 Å². The highest BCUT2D eigenvalue weighted by Crippen LogP contribution is 2.28. The number of fused-ring (bicyclic) bond motifs is 1. The van der Waals surface area contributed by atoms with Crippen LogP contribution in [0.25, 0.3) is 10.8 Å². The second-order valence-electron chi connectivity index (χ2n) is 5.46. The van der Waals surface area contributed by atoms with E-state index in [1.807, 2.05) is 42.5 Å². The molecule has 0 saturated carbocycles. The van der Waals surface area contributed by atoms with Crippen LogP contribution in [0.2, 0.25) is 0 Å². The average molecular weight is 301 g/mol. The van der Waals surface area contributed by atoms with E-state index in [1.165, 1.54) is 0 Å². The zero-order valence-electron chi connectivity index (χ0n) is 12.4. The summed E-state index contributed by atoms with van der Waals surface area (Å²) in [6, 6.07) is 23.1. The van der Waals surface area contributed by atoms with E-state index >= 15 is 0 Å². The summed E-state index contributed by atoms with van der Waals surface area (Å²) in [7, 11) is 0. The van der Waals surface area contributed by atoms with Crippen molar-refractivity contribution in [2.75, 3.05) is 0 Å². The lowest BCUT2D eigenvalue weighted by Crippen LogP contribution is -2.02. The van der Waals surface area contributed by atoms with Crippen molar-refractivity contribution < 1.29 is 9.90 Å². The lowest BCUT2D eigenvalue weighted by molar-refractivity contribution is 0.0697. The van der Waals surface area contributed by atoms with E-state index in [-0.39, 0.29) is 11.5 Å². The third kappa shape index (κ3) is 3.07. The summed E-state index contributed by atoms with van der Waals surface area (Å²) in [5, 5.41) is 20.8. The van der Waals surface area contributed by atoms with Gasteiger partial charge in [0, 0.05) is 0 Å². The molecule has 0 bridgehead atoms. The quantitative estimate of drug-likeness (QED) is 0.777. The molecule has 0 spiro atoms. The Balaban J connectivity index is 1.93. The Hall–Kier alpha value is -3.12. The SMILES string of the molecule is N#CC(Cc1ccc(C(=O)O)cc1)c1cccc2ccccc12. The first-order chi connectivity index (χ1) is 11.2. The van der Waals surface area contributed by atoms with Crippen LogP contribution in [0.15, 0.2) is 66.7 Å². The summed E-state index contributed by atoms with van der Waals surface area (Å²) in [6.07, 6.45) is 0.560. The Morgan fingerprint density at radius 1 is 1.00 bits per heavy atom. The van der Waals surface area contributed by atoms with Crippen molar-refractivity contribution in [2.45, 2.75) is 12.3 Å². The number of aromatic carboxylic acids is 1. The Morgan fingerprint density at radius 2 is 1.70 bits per heavy atom. The van der Waals surface area contributed by atoms with E-state index in [4.69, 9.17) is 5.11 Å². The molecule has 3 nitrogen and oxygen atoms in total. The fourth-order valence-electron chi connectivity index (χ4n) is 2.80. The van der Waals surface area contributed by atoms with Crippen molar-refractivity contribution in [3.05, 3.63) is 83.4 Å². The van der Waals surface area contributed by atoms with E-state index in [0.717, 1.165) is 21.9 Å². The minimum atomic E-state index is -0.942. The van der Waals surface area contributed by atoms with Gasteiger partial charge in [-0.25, -0.2) is 4.79 Å². The van der Waals surface area contributed by atoms with E-state index in [0.29, 0.717) is 6.42 Å². The van der Waals surface area contributed by atoms with E-state index in [2.05, 4.69) is 6.07 Å². The maximum atomic E-state index is 10.9. The van der Waals surface area contributed by atoms with E-state index in [9.17, 15) is 10.1 Å². The molecule has 0 fully saturated rings. The Labute approximate surface area is 134 Å². The first kappa shape index (κ1) is 14.8. The molecule has 1 unspecified atom stereocenters. The van der Waals surface area contributed by atoms with Crippen molar-refractivity contribution in [1.82, 2.24) is 0 Å². The molecular formula is C20H15NO2. The lowest BCUT2D eigenvalue weighted by Gasteiger charge is -2.13. The predicted octanol–water partition coefficient (Wildman–Crippen LogP) is 4.39. The van der Waals surface area contributed by atoms with Gasteiger partial charge in [0.1, 0.15) is 0 Å². The van der Waals surface area contributed by atoms with Crippen LogP contribution in [0.4, 0.5) is 0 Å². The lowest BCUT2D eigenvalue weighted by atomic mass is 9.89. The van der Waals surface area contributed by atoms with Crippen molar-refractivity contribution in [3.63, 3.8) is 0 Å². The molecule has 1 N–H and O–H groups in total. The number of hydrogen-bond donors (Lipinski definition) is 1. The van der Waals surface area contributed by atoms with Gasteiger partial charge >= 0.3 is 5.97 Å². The molecule has 23 heavy (non-hydrogen) atoms. The second-order valence-corrected chi connectivity index (χ2v) is 5.46. The van der Waals surface area contributed by atoms with Gasteiger partial charge in [-0.2, -0.15) is 5.26 Å². The van der Waals surface area contributed by atoms with E-state index < -0.39 is 5.97 Å². The van der Waals surface area contributed by atoms with E-state index in [1.54, 1.807) is 24.3 Å². The summed E-state index contributed by atoms with van der Waals surface area (Å²) < 4.78 is 0. The van der Waals surface area contributed by atoms with Crippen molar-refractivity contribution in [2.24, 2.45) is 0 Å². The molecule has 1 atom stereocenters. The van der Waals surface area contributed by atoms with Crippen LogP contribution in [0, 0.1) is 11.3 Å². The maximum Gasteiger partial charge on any atom is 0.335 e. The van der Waals surface area contributed by atoms with Crippen LogP contribution in [-0.4, -0.2) is 11.1 Å². The van der Waals surface area contributed by atoms with Crippen LogP contribution >= 0.6 is 0 Å². The molecule has 0 aliphatic rings. The normalized spacial score (nSPS) is 11.8. The van der Waals surface area contributed by atoms with Gasteiger partial charge in [-0.15, -0.1) is 0 Å². The third-order valence-corrected chi connectivity index (χ3v) is 4.00. The molecule has 3 heteroatoms. The zero-order valence-corrected chi connectivity index (χ0v) is 12.4. The van der Waals surface area contributed by atoms with Crippen LogP contribution in [0.5, 0.6) is 0 Å². The van der Waals surface area contributed by atoms with Crippen molar-refractivity contribution in [1.29, 1.82) is 5.26 Å². The molecule has 0 aliphatic heterocycles. The number of carboxylic acid groups (broad SMARTS) is 1. The minimum Gasteiger partial charge on any atom is -0.478 e. The summed E-state index contributed by atoms with van der Waals surface area (Å²) >= 11 is 0. The van der Waals surface area contributed by atoms with Crippen LogP contribution < -0.4 is 0 Å². The summed E-state index contributed by atoms with van der Waals surface area (Å²) in [6.45, 7) is 0. The van der Waals surface area contributed by atoms with Crippen molar-refractivity contribution >= 4 is 16.7 Å². The number of carboxylic acids is 1. The topological polar surface area (TPSA) is 61.1 Å². The molecule has 0 aromatic heterocycles. The first-order valence-corrected chi connectivity index (χ1v) is 7.38. The van der Waals surface area contributed by atoms with Crippen LogP contribution in [0.1, 0.15) is 27.4 Å². The fourth-order valence-corrected chi connectivity index (χ4v) is 2.80. The molecular weight excluding hydrogens is 286 g/mol. The van der Waals surface area contributed by atoms with Gasteiger partial charge in [-0.3, -0.25) is 0 Å². The van der Waals surface area contributed by atoms with Gasteiger partial charge in [0.15, 0.2) is 0 Å². The highest BCUT2D eigenvalue weighted by Gasteiger charge is 2.14. The smallest absolute Gasteiger partial charge is 0.335 e. The number of rotatable bonds is 4. The molecule has 0 amide bonds. The molecule has 112 valence electrons. The van der Waals surface area contributed by atoms with Gasteiger partial charge < -0.3 is 5.11 Å². The summed E-state index contributed by atoms with van der Waals surface area (Å²) in [5.41, 5.74) is 2.22. The third-order valence-electron chi connectivity index (χ3n) is 4.00. The summed E-state index contributed by atoms with van der Waals surface area (Å²) in [5.74, 6) is -1.21. The highest BCUT2D eigenvalue weighted by molar-refractivity contribution is 5.88. The average Bonchev–Trinajstić information content (AvgIpc) is 2.59. The maximum absolute atomic E-state index is 10.9. The van der Waals surface area contributed by atoms with Crippen molar-refractivity contribution in [3.8, 4) is 6.07 Å². The van der Waals surface area contributed by atoms with Gasteiger partial charge in [0.2, 0.25) is 0 Å². The van der Waals surface area contributed by atoms with Gasteiger partial charge in [-0.1, -0.05) is 54.6 Å². The highest BCUT2D eigenvalue weighted by atomic mass is 16.4. The molecule has 0 radical (unpaired) electrons. The Morgan fingerprint density at radius 3 is 2.39 bits per heavy atom. The Bertz CT molecular complexity index is 886. The van der Waals surface area contributed by atoms with Gasteiger partial charge in [0.05, 0.1) is 17.6 Å². The molecule has 0 aliphatic carbocycles. The largest absolute Gasteiger partial charge is 0.478 e. The van der Waals surface area contributed by atoms with Gasteiger partial charge in [0.25, 0.3) is 0 Å². The monoisotopic (exact) mass is 301 g/mol. The number of nitrogens with zero attached hydrogens (tertiary/aromatic N) is 1. The number of hydrogen-bond acceptors (Lipinski definition) is 2. The molecule has 0 saturated heterocycles. The predicted molar refractivity (Wildman–Crippen MR) is 89.4 cm³/mol. The second kappa shape index (κ2) is 6.33. The summed E-state index contributed by atoms with van der Waals surface area (Å²) in [4.78, 5) is 10.9.